The number of anilines is 1. The molecule has 1 atom stereocenters. The second kappa shape index (κ2) is 7.05. The first-order valence-corrected chi connectivity index (χ1v) is 10.7. The van der Waals surface area contributed by atoms with Crippen LogP contribution in [0, 0.1) is 0 Å². The van der Waals surface area contributed by atoms with Crippen molar-refractivity contribution in [2.24, 2.45) is 0 Å². The monoisotopic (exact) mass is 390 g/mol. The standard InChI is InChI=1S/C18H22N4O4S/c1-11(18-20-17(21-26-18)12-4-2-3-5-12)22-27(24,25)14-7-8-15-13(10-14)6-9-16(23)19-15/h7-8,10-12,22H,2-6,9H2,1H3,(H,19,23)/t11-/m0/s1. The maximum absolute atomic E-state index is 12.7. The molecule has 4 rings (SSSR count). The first-order valence-electron chi connectivity index (χ1n) is 9.21. The van der Waals surface area contributed by atoms with E-state index in [0.29, 0.717) is 30.3 Å². The van der Waals surface area contributed by atoms with Crippen LogP contribution in [0.15, 0.2) is 27.6 Å². The van der Waals surface area contributed by atoms with Crippen molar-refractivity contribution in [2.45, 2.75) is 62.3 Å². The fraction of sp³-hybridized carbons (Fsp3) is 0.500. The minimum absolute atomic E-state index is 0.0562. The van der Waals surface area contributed by atoms with Gasteiger partial charge in [-0.05, 0) is 49.9 Å². The Kier molecular flexibility index (Phi) is 4.73. The summed E-state index contributed by atoms with van der Waals surface area (Å²) in [5.41, 5.74) is 1.47. The molecule has 0 bridgehead atoms. The molecule has 0 unspecified atom stereocenters. The number of benzene rings is 1. The zero-order valence-electron chi connectivity index (χ0n) is 15.1. The highest BCUT2D eigenvalue weighted by atomic mass is 32.2. The Morgan fingerprint density at radius 2 is 2.04 bits per heavy atom. The Balaban J connectivity index is 1.50. The van der Waals surface area contributed by atoms with Crippen molar-refractivity contribution >= 4 is 21.6 Å². The molecule has 1 aliphatic carbocycles. The van der Waals surface area contributed by atoms with Crippen LogP contribution in [0.25, 0.3) is 0 Å². The third-order valence-corrected chi connectivity index (χ3v) is 6.70. The molecule has 1 aromatic carbocycles. The highest BCUT2D eigenvalue weighted by Gasteiger charge is 2.27. The Hall–Kier alpha value is -2.26. The van der Waals surface area contributed by atoms with E-state index in [1.54, 1.807) is 19.1 Å². The van der Waals surface area contributed by atoms with E-state index in [1.807, 2.05) is 0 Å². The van der Waals surface area contributed by atoms with Gasteiger partial charge in [-0.15, -0.1) is 0 Å². The first kappa shape index (κ1) is 18.1. The summed E-state index contributed by atoms with van der Waals surface area (Å²) in [5.74, 6) is 1.19. The smallest absolute Gasteiger partial charge is 0.244 e. The molecule has 1 aliphatic heterocycles. The summed E-state index contributed by atoms with van der Waals surface area (Å²) in [5, 5.41) is 6.77. The van der Waals surface area contributed by atoms with E-state index in [4.69, 9.17) is 4.52 Å². The largest absolute Gasteiger partial charge is 0.338 e. The van der Waals surface area contributed by atoms with Crippen LogP contribution in [0.2, 0.25) is 0 Å². The number of amides is 1. The number of aromatic nitrogens is 2. The molecule has 0 radical (unpaired) electrons. The average Bonchev–Trinajstić information content (AvgIpc) is 3.32. The van der Waals surface area contributed by atoms with Crippen LogP contribution in [0.3, 0.4) is 0 Å². The minimum atomic E-state index is -3.75. The Bertz CT molecular complexity index is 963. The molecule has 2 aromatic rings. The normalized spacial score (nSPS) is 18.9. The highest BCUT2D eigenvalue weighted by molar-refractivity contribution is 7.89. The van der Waals surface area contributed by atoms with E-state index < -0.39 is 16.1 Å². The quantitative estimate of drug-likeness (QED) is 0.811. The first-order chi connectivity index (χ1) is 12.9. The van der Waals surface area contributed by atoms with Gasteiger partial charge in [0.2, 0.25) is 21.8 Å². The third-order valence-electron chi connectivity index (χ3n) is 5.16. The molecule has 9 heteroatoms. The van der Waals surface area contributed by atoms with Gasteiger partial charge in [0.15, 0.2) is 5.82 Å². The molecule has 144 valence electrons. The highest BCUT2D eigenvalue weighted by Crippen LogP contribution is 2.33. The summed E-state index contributed by atoms with van der Waals surface area (Å²) in [6, 6.07) is 4.07. The number of rotatable bonds is 5. The van der Waals surface area contributed by atoms with Crippen LogP contribution < -0.4 is 10.0 Å². The van der Waals surface area contributed by atoms with Crippen LogP contribution in [0.5, 0.6) is 0 Å². The predicted octanol–water partition coefficient (Wildman–Crippen LogP) is 2.65. The van der Waals surface area contributed by atoms with Crippen molar-refractivity contribution in [2.75, 3.05) is 5.32 Å². The van der Waals surface area contributed by atoms with Gasteiger partial charge in [0.1, 0.15) is 0 Å². The van der Waals surface area contributed by atoms with Gasteiger partial charge in [-0.25, -0.2) is 8.42 Å². The van der Waals surface area contributed by atoms with Crippen LogP contribution in [0.1, 0.15) is 68.3 Å². The van der Waals surface area contributed by atoms with E-state index in [2.05, 4.69) is 20.2 Å². The molecule has 8 nitrogen and oxygen atoms in total. The molecule has 1 aromatic heterocycles. The molecule has 1 saturated carbocycles. The molecule has 1 amide bonds. The van der Waals surface area contributed by atoms with Crippen molar-refractivity contribution in [3.8, 4) is 0 Å². The van der Waals surface area contributed by atoms with Crippen molar-refractivity contribution in [1.82, 2.24) is 14.9 Å². The Morgan fingerprint density at radius 1 is 1.26 bits per heavy atom. The molecular formula is C18H22N4O4S. The summed E-state index contributed by atoms with van der Waals surface area (Å²) in [7, 11) is -3.75. The van der Waals surface area contributed by atoms with E-state index in [9.17, 15) is 13.2 Å². The lowest BCUT2D eigenvalue weighted by molar-refractivity contribution is -0.116. The van der Waals surface area contributed by atoms with E-state index in [0.717, 1.165) is 31.2 Å². The lowest BCUT2D eigenvalue weighted by Crippen LogP contribution is -2.27. The van der Waals surface area contributed by atoms with Gasteiger partial charge in [-0.2, -0.15) is 9.71 Å². The number of nitrogens with one attached hydrogen (secondary N) is 2. The van der Waals surface area contributed by atoms with Crippen molar-refractivity contribution in [3.63, 3.8) is 0 Å². The van der Waals surface area contributed by atoms with Crippen LogP contribution in [0.4, 0.5) is 5.69 Å². The SMILES string of the molecule is C[C@H](NS(=O)(=O)c1ccc2c(c1)CCC(=O)N2)c1nc(C2CCCC2)no1. The number of carbonyl (C=O) groups excluding carboxylic acids is 1. The van der Waals surface area contributed by atoms with Crippen LogP contribution >= 0.6 is 0 Å². The second-order valence-electron chi connectivity index (χ2n) is 7.18. The zero-order chi connectivity index (χ0) is 19.0. The summed E-state index contributed by atoms with van der Waals surface area (Å²) < 4.78 is 33.4. The van der Waals surface area contributed by atoms with Crippen LogP contribution in [-0.2, 0) is 21.2 Å². The van der Waals surface area contributed by atoms with Gasteiger partial charge in [-0.3, -0.25) is 4.79 Å². The molecule has 0 saturated heterocycles. The third kappa shape index (κ3) is 3.74. The molecule has 1 fully saturated rings. The zero-order valence-corrected chi connectivity index (χ0v) is 15.9. The summed E-state index contributed by atoms with van der Waals surface area (Å²) in [6.07, 6.45) is 5.29. The van der Waals surface area contributed by atoms with Gasteiger partial charge in [0.05, 0.1) is 10.9 Å². The lowest BCUT2D eigenvalue weighted by Gasteiger charge is -2.18. The van der Waals surface area contributed by atoms with Crippen molar-refractivity contribution in [1.29, 1.82) is 0 Å². The molecular weight excluding hydrogens is 368 g/mol. The number of carbonyl (C=O) groups is 1. The predicted molar refractivity (Wildman–Crippen MR) is 97.6 cm³/mol. The van der Waals surface area contributed by atoms with Crippen molar-refractivity contribution < 1.29 is 17.7 Å². The maximum Gasteiger partial charge on any atom is 0.244 e. The number of hydrogen-bond donors (Lipinski definition) is 2. The van der Waals surface area contributed by atoms with Gasteiger partial charge < -0.3 is 9.84 Å². The number of hydrogen-bond acceptors (Lipinski definition) is 6. The van der Waals surface area contributed by atoms with Gasteiger partial charge in [0, 0.05) is 18.0 Å². The number of sulfonamides is 1. The lowest BCUT2D eigenvalue weighted by atomic mass is 10.0. The summed E-state index contributed by atoms with van der Waals surface area (Å²) >= 11 is 0. The Morgan fingerprint density at radius 3 is 2.81 bits per heavy atom. The molecule has 2 N–H and O–H groups in total. The second-order valence-corrected chi connectivity index (χ2v) is 8.90. The topological polar surface area (TPSA) is 114 Å². The van der Waals surface area contributed by atoms with E-state index >= 15 is 0 Å². The van der Waals surface area contributed by atoms with Gasteiger partial charge >= 0.3 is 0 Å². The van der Waals surface area contributed by atoms with Gasteiger partial charge in [-0.1, -0.05) is 18.0 Å². The van der Waals surface area contributed by atoms with Crippen molar-refractivity contribution in [3.05, 3.63) is 35.5 Å². The number of fused-ring (bicyclic) bond motifs is 1. The fourth-order valence-electron chi connectivity index (χ4n) is 3.65. The number of aryl methyl sites for hydroxylation is 1. The summed E-state index contributed by atoms with van der Waals surface area (Å²) in [4.78, 5) is 16.0. The Labute approximate surface area is 157 Å². The van der Waals surface area contributed by atoms with Crippen LogP contribution in [-0.4, -0.2) is 24.5 Å². The molecule has 2 heterocycles. The maximum atomic E-state index is 12.7. The number of nitrogens with zero attached hydrogens (tertiary/aromatic N) is 2. The van der Waals surface area contributed by atoms with E-state index in [1.165, 1.54) is 6.07 Å². The average molecular weight is 390 g/mol. The fourth-order valence-corrected chi connectivity index (χ4v) is 4.90. The summed E-state index contributed by atoms with van der Waals surface area (Å²) in [6.45, 7) is 1.68. The molecule has 2 aliphatic rings. The van der Waals surface area contributed by atoms with E-state index in [-0.39, 0.29) is 16.7 Å². The van der Waals surface area contributed by atoms with Gasteiger partial charge in [0.25, 0.3) is 0 Å². The molecule has 0 spiro atoms. The molecule has 27 heavy (non-hydrogen) atoms. The minimum Gasteiger partial charge on any atom is -0.338 e.